The molecule has 0 aromatic carbocycles. The summed E-state index contributed by atoms with van der Waals surface area (Å²) in [5, 5.41) is 0. The Balaban J connectivity index is 2.17. The molecule has 1 atom stereocenters. The van der Waals surface area contributed by atoms with Gasteiger partial charge in [0.2, 0.25) is 5.91 Å². The number of amides is 1. The molecule has 2 rings (SSSR count). The molecular weight excluding hydrogens is 202 g/mol. The van der Waals surface area contributed by atoms with Gasteiger partial charge in [0.05, 0.1) is 6.04 Å². The van der Waals surface area contributed by atoms with Crippen LogP contribution < -0.4 is 0 Å². The Bertz CT molecular complexity index is 322. The summed E-state index contributed by atoms with van der Waals surface area (Å²) in [5.74, 6) is -0.00174. The topological polar surface area (TPSA) is 54.5 Å². The van der Waals surface area contributed by atoms with Crippen molar-refractivity contribution in [2.75, 3.05) is 0 Å². The molecule has 0 N–H and O–H groups in total. The molecular formula is C6H8ClNO3S. The number of hydrogen-bond donors (Lipinski definition) is 0. The Morgan fingerprint density at radius 1 is 1.42 bits per heavy atom. The van der Waals surface area contributed by atoms with E-state index in [-0.39, 0.29) is 11.9 Å². The molecule has 0 bridgehead atoms. The zero-order chi connectivity index (χ0) is 8.93. The molecule has 2 fully saturated rings. The molecule has 1 unspecified atom stereocenters. The number of carbonyl (C=O) groups excluding carboxylic acids is 1. The Labute approximate surface area is 75.0 Å². The van der Waals surface area contributed by atoms with Crippen LogP contribution in [0.4, 0.5) is 0 Å². The summed E-state index contributed by atoms with van der Waals surface area (Å²) in [5.41, 5.74) is 0. The Morgan fingerprint density at radius 2 is 2.00 bits per heavy atom. The van der Waals surface area contributed by atoms with Gasteiger partial charge in [-0.1, -0.05) is 0 Å². The van der Waals surface area contributed by atoms with Crippen LogP contribution in [0.15, 0.2) is 0 Å². The molecule has 12 heavy (non-hydrogen) atoms. The SMILES string of the molecule is O=C1CC(C2CC2)N1S(=O)(=O)Cl. The van der Waals surface area contributed by atoms with E-state index < -0.39 is 9.24 Å². The Hall–Kier alpha value is -0.290. The summed E-state index contributed by atoms with van der Waals surface area (Å²) in [4.78, 5) is 10.9. The highest BCUT2D eigenvalue weighted by Crippen LogP contribution is 2.43. The van der Waals surface area contributed by atoms with Crippen LogP contribution in [0.2, 0.25) is 0 Å². The maximum atomic E-state index is 10.9. The molecule has 2 aliphatic rings. The molecule has 1 saturated carbocycles. The highest BCUT2D eigenvalue weighted by molar-refractivity contribution is 8.12. The van der Waals surface area contributed by atoms with E-state index in [1.165, 1.54) is 0 Å². The standard InChI is InChI=1S/C6H8ClNO3S/c7-12(10,11)8-5(3-6(8)9)4-1-2-4/h4-5H,1-3H2. The Morgan fingerprint density at radius 3 is 2.33 bits per heavy atom. The first-order valence-electron chi connectivity index (χ1n) is 3.77. The molecule has 1 aliphatic carbocycles. The number of hydrogen-bond acceptors (Lipinski definition) is 3. The fraction of sp³-hybridized carbons (Fsp3) is 0.833. The minimum Gasteiger partial charge on any atom is -0.274 e. The molecule has 6 heteroatoms. The van der Waals surface area contributed by atoms with Crippen LogP contribution in [-0.4, -0.2) is 24.7 Å². The van der Waals surface area contributed by atoms with E-state index in [1.807, 2.05) is 0 Å². The molecule has 0 spiro atoms. The third-order valence-electron chi connectivity index (χ3n) is 2.33. The van der Waals surface area contributed by atoms with Crippen LogP contribution >= 0.6 is 10.7 Å². The van der Waals surface area contributed by atoms with Gasteiger partial charge in [0, 0.05) is 17.1 Å². The van der Waals surface area contributed by atoms with Crippen molar-refractivity contribution < 1.29 is 13.2 Å². The molecule has 1 aliphatic heterocycles. The van der Waals surface area contributed by atoms with Crippen LogP contribution in [0, 0.1) is 5.92 Å². The van der Waals surface area contributed by atoms with Crippen LogP contribution in [-0.2, 0) is 14.0 Å². The lowest BCUT2D eigenvalue weighted by atomic mass is 10.0. The number of halogens is 1. The van der Waals surface area contributed by atoms with Crippen LogP contribution in [0.25, 0.3) is 0 Å². The number of β-lactam (4-membered cyclic amide) rings is 1. The molecule has 0 aromatic heterocycles. The smallest absolute Gasteiger partial charge is 0.274 e. The third kappa shape index (κ3) is 1.21. The van der Waals surface area contributed by atoms with Crippen molar-refractivity contribution in [3.63, 3.8) is 0 Å². The maximum absolute atomic E-state index is 10.9. The third-order valence-corrected chi connectivity index (χ3v) is 3.72. The van der Waals surface area contributed by atoms with Crippen molar-refractivity contribution in [2.45, 2.75) is 25.3 Å². The van der Waals surface area contributed by atoms with Gasteiger partial charge in [0.25, 0.3) is 0 Å². The quantitative estimate of drug-likeness (QED) is 0.491. The zero-order valence-corrected chi connectivity index (χ0v) is 7.81. The first-order chi connectivity index (χ1) is 5.50. The molecule has 68 valence electrons. The van der Waals surface area contributed by atoms with Crippen molar-refractivity contribution in [1.82, 2.24) is 4.31 Å². The molecule has 1 amide bonds. The summed E-state index contributed by atoms with van der Waals surface area (Å²) < 4.78 is 22.5. The summed E-state index contributed by atoms with van der Waals surface area (Å²) in [6, 6.07) is -0.139. The van der Waals surface area contributed by atoms with Crippen LogP contribution in [0.1, 0.15) is 19.3 Å². The molecule has 1 heterocycles. The summed E-state index contributed by atoms with van der Waals surface area (Å²) in [6.45, 7) is 0. The van der Waals surface area contributed by atoms with Gasteiger partial charge >= 0.3 is 9.24 Å². The van der Waals surface area contributed by atoms with Gasteiger partial charge in [-0.25, -0.2) is 4.31 Å². The predicted molar refractivity (Wildman–Crippen MR) is 42.7 cm³/mol. The van der Waals surface area contributed by atoms with E-state index in [0.29, 0.717) is 12.3 Å². The molecule has 4 nitrogen and oxygen atoms in total. The van der Waals surface area contributed by atoms with E-state index in [9.17, 15) is 13.2 Å². The summed E-state index contributed by atoms with van der Waals surface area (Å²) in [7, 11) is 1.26. The monoisotopic (exact) mass is 209 g/mol. The normalized spacial score (nSPS) is 30.2. The number of carbonyl (C=O) groups is 1. The van der Waals surface area contributed by atoms with Gasteiger partial charge in [-0.2, -0.15) is 8.42 Å². The summed E-state index contributed by atoms with van der Waals surface area (Å²) >= 11 is 0. The van der Waals surface area contributed by atoms with Crippen molar-refractivity contribution in [2.24, 2.45) is 5.92 Å². The predicted octanol–water partition coefficient (Wildman–Crippen LogP) is 0.481. The van der Waals surface area contributed by atoms with E-state index >= 15 is 0 Å². The van der Waals surface area contributed by atoms with E-state index in [1.54, 1.807) is 0 Å². The fourth-order valence-electron chi connectivity index (χ4n) is 1.55. The lowest BCUT2D eigenvalue weighted by Crippen LogP contribution is -2.54. The van der Waals surface area contributed by atoms with Crippen LogP contribution in [0.5, 0.6) is 0 Å². The van der Waals surface area contributed by atoms with Crippen molar-refractivity contribution in [3.05, 3.63) is 0 Å². The minimum absolute atomic E-state index is 0.139. The summed E-state index contributed by atoms with van der Waals surface area (Å²) in [6.07, 6.45) is 2.37. The van der Waals surface area contributed by atoms with Gasteiger partial charge < -0.3 is 0 Å². The van der Waals surface area contributed by atoms with E-state index in [2.05, 4.69) is 0 Å². The van der Waals surface area contributed by atoms with Gasteiger partial charge in [-0.15, -0.1) is 0 Å². The van der Waals surface area contributed by atoms with Crippen molar-refractivity contribution in [1.29, 1.82) is 0 Å². The fourth-order valence-corrected chi connectivity index (χ4v) is 2.97. The van der Waals surface area contributed by atoms with Gasteiger partial charge in [0.15, 0.2) is 0 Å². The first-order valence-corrected chi connectivity index (χ1v) is 6.03. The highest BCUT2D eigenvalue weighted by Gasteiger charge is 2.50. The average Bonchev–Trinajstić information content (AvgIpc) is 2.58. The average molecular weight is 210 g/mol. The number of rotatable bonds is 2. The second-order valence-electron chi connectivity index (χ2n) is 3.24. The second-order valence-corrected chi connectivity index (χ2v) is 5.63. The van der Waals surface area contributed by atoms with E-state index in [4.69, 9.17) is 10.7 Å². The van der Waals surface area contributed by atoms with Gasteiger partial charge in [0.1, 0.15) is 0 Å². The van der Waals surface area contributed by atoms with Gasteiger partial charge in [-0.05, 0) is 18.8 Å². The van der Waals surface area contributed by atoms with Gasteiger partial charge in [-0.3, -0.25) is 4.79 Å². The van der Waals surface area contributed by atoms with Crippen LogP contribution in [0.3, 0.4) is 0 Å². The molecule has 0 aromatic rings. The minimum atomic E-state index is -3.81. The lowest BCUT2D eigenvalue weighted by Gasteiger charge is -2.37. The second kappa shape index (κ2) is 2.35. The maximum Gasteiger partial charge on any atom is 0.324 e. The number of nitrogens with zero attached hydrogens (tertiary/aromatic N) is 1. The van der Waals surface area contributed by atoms with Crippen molar-refractivity contribution >= 4 is 25.8 Å². The van der Waals surface area contributed by atoms with E-state index in [0.717, 1.165) is 17.1 Å². The molecule has 1 saturated heterocycles. The highest BCUT2D eigenvalue weighted by atomic mass is 35.7. The Kier molecular flexibility index (Phi) is 1.63. The largest absolute Gasteiger partial charge is 0.324 e. The lowest BCUT2D eigenvalue weighted by molar-refractivity contribution is -0.138. The molecule has 0 radical (unpaired) electrons. The van der Waals surface area contributed by atoms with Crippen molar-refractivity contribution in [3.8, 4) is 0 Å². The zero-order valence-electron chi connectivity index (χ0n) is 6.23. The first kappa shape index (κ1) is 8.31.